The second kappa shape index (κ2) is 17.4. The van der Waals surface area contributed by atoms with Gasteiger partial charge in [-0.3, -0.25) is 9.59 Å². The molecule has 0 saturated carbocycles. The summed E-state index contributed by atoms with van der Waals surface area (Å²) in [6.45, 7) is 4.98. The number of likely N-dealkylation sites (tertiary alicyclic amines) is 2. The van der Waals surface area contributed by atoms with Gasteiger partial charge in [-0.1, -0.05) is 68.4 Å². The van der Waals surface area contributed by atoms with Crippen LogP contribution in [-0.4, -0.2) is 92.1 Å². The van der Waals surface area contributed by atoms with E-state index >= 15 is 0 Å². The van der Waals surface area contributed by atoms with Crippen LogP contribution in [0, 0.1) is 5.92 Å². The van der Waals surface area contributed by atoms with Crippen LogP contribution < -0.4 is 10.6 Å². The Morgan fingerprint density at radius 3 is 2.21 bits per heavy atom. The normalized spacial score (nSPS) is 17.9. The average molecular weight is 850 g/mol. The monoisotopic (exact) mass is 849 g/mol. The van der Waals surface area contributed by atoms with Crippen molar-refractivity contribution in [2.75, 3.05) is 27.3 Å². The van der Waals surface area contributed by atoms with Crippen LogP contribution in [0.3, 0.4) is 0 Å². The molecule has 2 fully saturated rings. The molecule has 4 N–H and O–H groups in total. The number of H-pyrrole nitrogens is 2. The van der Waals surface area contributed by atoms with Gasteiger partial charge in [0, 0.05) is 40.9 Å². The number of imidazole rings is 2. The number of nitrogens with zero attached hydrogens (tertiary/aromatic N) is 5. The van der Waals surface area contributed by atoms with Crippen LogP contribution >= 0.6 is 0 Å². The van der Waals surface area contributed by atoms with Gasteiger partial charge in [-0.15, -0.1) is 0 Å². The fourth-order valence-electron chi connectivity index (χ4n) is 9.33. The number of carbonyl (C=O) groups is 4. The lowest BCUT2D eigenvalue weighted by molar-refractivity contribution is -0.135. The molecule has 0 unspecified atom stereocenters. The molecule has 15 nitrogen and oxygen atoms in total. The number of carbonyl (C=O) groups excluding carboxylic acids is 4. The van der Waals surface area contributed by atoms with E-state index < -0.39 is 24.3 Å². The largest absolute Gasteiger partial charge is 0.453 e. The highest BCUT2D eigenvalue weighted by Gasteiger charge is 2.39. The maximum atomic E-state index is 14.0. The molecule has 4 atom stereocenters. The highest BCUT2D eigenvalue weighted by atomic mass is 16.5. The van der Waals surface area contributed by atoms with Gasteiger partial charge in [-0.25, -0.2) is 24.5 Å². The molecule has 0 bridgehead atoms. The molecule has 6 aromatic rings. The number of methoxy groups -OCH3 is 2. The summed E-state index contributed by atoms with van der Waals surface area (Å²) in [7, 11) is 2.58. The highest BCUT2D eigenvalue weighted by Crippen LogP contribution is 2.39. The van der Waals surface area contributed by atoms with E-state index in [9.17, 15) is 19.2 Å². The second-order valence-corrected chi connectivity index (χ2v) is 16.8. The molecule has 9 rings (SSSR count). The predicted molar refractivity (Wildman–Crippen MR) is 236 cm³/mol. The molecule has 3 aromatic heterocycles. The summed E-state index contributed by atoms with van der Waals surface area (Å²) in [4.78, 5) is 77.6. The maximum Gasteiger partial charge on any atom is 0.407 e. The van der Waals surface area contributed by atoms with Crippen LogP contribution in [0.25, 0.3) is 44.7 Å². The summed E-state index contributed by atoms with van der Waals surface area (Å²) < 4.78 is 9.64. The lowest BCUT2D eigenvalue weighted by Crippen LogP contribution is -2.51. The van der Waals surface area contributed by atoms with Crippen LogP contribution in [0.1, 0.15) is 86.1 Å². The Bertz CT molecular complexity index is 2690. The zero-order chi connectivity index (χ0) is 43.8. The number of rotatable bonds is 10. The van der Waals surface area contributed by atoms with E-state index in [1.165, 1.54) is 19.8 Å². The lowest BCUT2D eigenvalue weighted by Gasteiger charge is -2.30. The van der Waals surface area contributed by atoms with E-state index in [0.29, 0.717) is 24.5 Å². The van der Waals surface area contributed by atoms with Crippen LogP contribution in [-0.2, 0) is 31.9 Å². The minimum Gasteiger partial charge on any atom is -0.453 e. The average Bonchev–Trinajstić information content (AvgIpc) is 4.16. The smallest absolute Gasteiger partial charge is 0.407 e. The summed E-state index contributed by atoms with van der Waals surface area (Å²) in [5.41, 5.74) is 9.49. The van der Waals surface area contributed by atoms with Gasteiger partial charge in [0.15, 0.2) is 0 Å². The van der Waals surface area contributed by atoms with E-state index in [2.05, 4.69) is 50.9 Å². The third-order valence-corrected chi connectivity index (χ3v) is 12.6. The zero-order valence-electron chi connectivity index (χ0n) is 35.8. The number of aromatic amines is 2. The molecule has 15 heteroatoms. The first kappa shape index (κ1) is 41.3. The van der Waals surface area contributed by atoms with Crippen molar-refractivity contribution < 1.29 is 28.7 Å². The van der Waals surface area contributed by atoms with Crippen LogP contribution in [0.15, 0.2) is 85.1 Å². The number of nitrogens with one attached hydrogen (secondary N) is 4. The van der Waals surface area contributed by atoms with Crippen molar-refractivity contribution in [3.63, 3.8) is 0 Å². The number of pyridine rings is 1. The Morgan fingerprint density at radius 1 is 0.746 bits per heavy atom. The number of ether oxygens (including phenoxy) is 2. The van der Waals surface area contributed by atoms with E-state index in [4.69, 9.17) is 24.4 Å². The molecular weight excluding hydrogens is 799 g/mol. The molecule has 2 aliphatic heterocycles. The quantitative estimate of drug-likeness (QED) is 0.108. The van der Waals surface area contributed by atoms with Gasteiger partial charge in [0.05, 0.1) is 55.1 Å². The predicted octanol–water partition coefficient (Wildman–Crippen LogP) is 7.59. The van der Waals surface area contributed by atoms with Gasteiger partial charge in [0.25, 0.3) is 5.91 Å². The molecule has 5 heterocycles. The molecule has 63 heavy (non-hydrogen) atoms. The van der Waals surface area contributed by atoms with Gasteiger partial charge in [-0.05, 0) is 79.8 Å². The summed E-state index contributed by atoms with van der Waals surface area (Å²) in [5, 5.41) is 6.43. The molecule has 4 amide bonds. The lowest BCUT2D eigenvalue weighted by atomic mass is 9.90. The van der Waals surface area contributed by atoms with Gasteiger partial charge in [0.1, 0.15) is 23.7 Å². The Kier molecular flexibility index (Phi) is 11.4. The molecule has 0 spiro atoms. The number of aryl methyl sites for hydroxylation is 2. The molecule has 1 aliphatic carbocycles. The van der Waals surface area contributed by atoms with Crippen molar-refractivity contribution in [3.8, 4) is 33.8 Å². The first-order valence-electron chi connectivity index (χ1n) is 21.6. The number of hydrogen-bond donors (Lipinski definition) is 4. The fourth-order valence-corrected chi connectivity index (χ4v) is 9.33. The summed E-state index contributed by atoms with van der Waals surface area (Å²) in [5.74, 6) is 1.03. The molecule has 2 saturated heterocycles. The third-order valence-electron chi connectivity index (χ3n) is 12.6. The number of alkyl carbamates (subject to hydrolysis) is 2. The van der Waals surface area contributed by atoms with Crippen molar-refractivity contribution >= 4 is 34.9 Å². The van der Waals surface area contributed by atoms with E-state index in [1.807, 2.05) is 67.3 Å². The minimum atomic E-state index is -0.887. The molecule has 3 aromatic carbocycles. The standard InChI is InChI=1S/C48H51N9O6/c1-27(2)40(54-47(60)62-3)45(58)57-23-9-13-39(57)44-51-36-21-15-29-24-30(14-18-33(29)42(36)53-44)34-19-16-31-25-32(17-20-35(31)50-34)37-26-49-43(52-37)38-12-8-22-56(38)46(59)41(55-48(61)63-4)28-10-6-5-7-11-28/h5-7,10-11,14,16-20,24-27,38-41H,8-9,12-13,15,21-23H2,1-4H3,(H,49,52)(H,51,53)(H,54,60)(H,55,61)/t38-,39-,40-,41+/m0/s1. The van der Waals surface area contributed by atoms with Crippen molar-refractivity contribution in [2.45, 2.75) is 76.5 Å². The number of aromatic nitrogens is 5. The minimum absolute atomic E-state index is 0.107. The zero-order valence-corrected chi connectivity index (χ0v) is 35.8. The summed E-state index contributed by atoms with van der Waals surface area (Å²) in [6.07, 6.45) is 5.37. The van der Waals surface area contributed by atoms with Gasteiger partial charge in [-0.2, -0.15) is 0 Å². The van der Waals surface area contributed by atoms with E-state index in [1.54, 1.807) is 11.1 Å². The maximum absolute atomic E-state index is 14.0. The molecule has 324 valence electrons. The Balaban J connectivity index is 0.906. The van der Waals surface area contributed by atoms with Gasteiger partial charge < -0.3 is 39.9 Å². The van der Waals surface area contributed by atoms with E-state index in [-0.39, 0.29) is 29.8 Å². The Labute approximate surface area is 365 Å². The summed E-state index contributed by atoms with van der Waals surface area (Å²) in [6, 6.07) is 23.8. The first-order valence-corrected chi connectivity index (χ1v) is 21.6. The SMILES string of the molecule is COC(=O)N[C@H](C(=O)N1CCC[C@H]1c1nc2c([nH]1)CCc1cc(-c3ccc4cc(-c5cnc([C@@H]6CCCN6C(=O)[C@H](NC(=O)OC)c6ccccc6)[nH]5)ccc4n3)ccc1-2)C(C)C. The van der Waals surface area contributed by atoms with Crippen LogP contribution in [0.2, 0.25) is 0 Å². The van der Waals surface area contributed by atoms with Crippen molar-refractivity contribution in [1.82, 2.24) is 45.4 Å². The molecular formula is C48H51N9O6. The fraction of sp³-hybridized carbons (Fsp3) is 0.354. The Hall–Kier alpha value is -7.03. The number of fused-ring (bicyclic) bond motifs is 4. The third kappa shape index (κ3) is 8.10. The van der Waals surface area contributed by atoms with Gasteiger partial charge >= 0.3 is 12.2 Å². The van der Waals surface area contributed by atoms with Crippen LogP contribution in [0.4, 0.5) is 9.59 Å². The van der Waals surface area contributed by atoms with Crippen molar-refractivity contribution in [1.29, 1.82) is 0 Å². The van der Waals surface area contributed by atoms with Crippen molar-refractivity contribution in [2.24, 2.45) is 5.92 Å². The number of hydrogen-bond acceptors (Lipinski definition) is 9. The van der Waals surface area contributed by atoms with E-state index in [0.717, 1.165) is 94.7 Å². The molecule has 3 aliphatic rings. The van der Waals surface area contributed by atoms with Gasteiger partial charge in [0.2, 0.25) is 5.91 Å². The summed E-state index contributed by atoms with van der Waals surface area (Å²) >= 11 is 0. The number of amides is 4. The first-order chi connectivity index (χ1) is 30.6. The topological polar surface area (TPSA) is 188 Å². The molecule has 0 radical (unpaired) electrons. The van der Waals surface area contributed by atoms with Crippen LogP contribution in [0.5, 0.6) is 0 Å². The highest BCUT2D eigenvalue weighted by molar-refractivity contribution is 5.89. The van der Waals surface area contributed by atoms with Crippen molar-refractivity contribution in [3.05, 3.63) is 114 Å². The Morgan fingerprint density at radius 2 is 1.46 bits per heavy atom. The second-order valence-electron chi connectivity index (χ2n) is 16.8. The number of benzene rings is 3.